The largest absolute Gasteiger partial charge is 0.439 e. The molecule has 1 amide bonds. The normalized spacial score (nSPS) is 10.3. The van der Waals surface area contributed by atoms with Gasteiger partial charge in [0.1, 0.15) is 11.6 Å². The number of ether oxygens (including phenoxy) is 1. The zero-order chi connectivity index (χ0) is 20.9. The van der Waals surface area contributed by atoms with Crippen molar-refractivity contribution in [1.82, 2.24) is 19.7 Å². The van der Waals surface area contributed by atoms with E-state index in [1.54, 1.807) is 78.6 Å². The molecule has 2 aromatic heterocycles. The van der Waals surface area contributed by atoms with Gasteiger partial charge in [0.25, 0.3) is 5.91 Å². The average molecular weight is 396 g/mol. The van der Waals surface area contributed by atoms with E-state index in [0.29, 0.717) is 40.1 Å². The highest BCUT2D eigenvalue weighted by Crippen LogP contribution is 2.23. The van der Waals surface area contributed by atoms with Crippen LogP contribution in [0.5, 0.6) is 11.6 Å². The number of nitriles is 1. The molecule has 0 spiro atoms. The van der Waals surface area contributed by atoms with Crippen LogP contribution in [0.4, 0.5) is 5.69 Å². The smallest absolute Gasteiger partial charge is 0.255 e. The van der Waals surface area contributed by atoms with Crippen LogP contribution in [0.2, 0.25) is 0 Å². The maximum absolute atomic E-state index is 12.4. The Bertz CT molecular complexity index is 1230. The SMILES string of the molecule is Cc1nc(Oc2ccc(NC(=O)c3cccc(C#N)c3)cc2)cc(-n2cccn2)n1. The summed E-state index contributed by atoms with van der Waals surface area (Å²) in [7, 11) is 0. The molecule has 2 aromatic carbocycles. The molecular formula is C22H16N6O2. The summed E-state index contributed by atoms with van der Waals surface area (Å²) < 4.78 is 7.46. The zero-order valence-electron chi connectivity index (χ0n) is 16.0. The summed E-state index contributed by atoms with van der Waals surface area (Å²) in [5, 5.41) is 15.9. The standard InChI is InChI=1S/C22H16N6O2/c1-15-25-20(28-11-3-10-24-28)13-21(26-15)30-19-8-6-18(7-9-19)27-22(29)17-5-2-4-16(12-17)14-23/h2-13H,1H3,(H,27,29). The first-order chi connectivity index (χ1) is 14.6. The quantitative estimate of drug-likeness (QED) is 0.549. The fourth-order valence-corrected chi connectivity index (χ4v) is 2.76. The number of amides is 1. The predicted molar refractivity (Wildman–Crippen MR) is 110 cm³/mol. The van der Waals surface area contributed by atoms with Crippen LogP contribution in [-0.4, -0.2) is 25.7 Å². The van der Waals surface area contributed by atoms with E-state index in [4.69, 9.17) is 10.00 Å². The number of carbonyl (C=O) groups excluding carboxylic acids is 1. The van der Waals surface area contributed by atoms with Gasteiger partial charge >= 0.3 is 0 Å². The summed E-state index contributed by atoms with van der Waals surface area (Å²) in [6, 6.07) is 18.9. The van der Waals surface area contributed by atoms with Crippen LogP contribution in [0.15, 0.2) is 73.1 Å². The molecule has 8 nitrogen and oxygen atoms in total. The lowest BCUT2D eigenvalue weighted by molar-refractivity contribution is 0.102. The van der Waals surface area contributed by atoms with Crippen LogP contribution in [0.25, 0.3) is 5.82 Å². The first-order valence-corrected chi connectivity index (χ1v) is 9.06. The number of benzene rings is 2. The molecule has 0 saturated carbocycles. The van der Waals surface area contributed by atoms with E-state index in [1.165, 1.54) is 0 Å². The van der Waals surface area contributed by atoms with Gasteiger partial charge in [-0.3, -0.25) is 4.79 Å². The van der Waals surface area contributed by atoms with Crippen molar-refractivity contribution in [1.29, 1.82) is 5.26 Å². The molecule has 146 valence electrons. The molecule has 4 aromatic rings. The van der Waals surface area contributed by atoms with Crippen molar-refractivity contribution < 1.29 is 9.53 Å². The fraction of sp³-hybridized carbons (Fsp3) is 0.0455. The third kappa shape index (κ3) is 4.31. The van der Waals surface area contributed by atoms with Gasteiger partial charge in [-0.2, -0.15) is 15.3 Å². The second-order valence-corrected chi connectivity index (χ2v) is 6.34. The molecule has 0 radical (unpaired) electrons. The highest BCUT2D eigenvalue weighted by Gasteiger charge is 2.09. The summed E-state index contributed by atoms with van der Waals surface area (Å²) in [4.78, 5) is 21.0. The summed E-state index contributed by atoms with van der Waals surface area (Å²) in [5.74, 6) is 1.81. The lowest BCUT2D eigenvalue weighted by atomic mass is 10.1. The second-order valence-electron chi connectivity index (χ2n) is 6.34. The first kappa shape index (κ1) is 18.8. The molecule has 30 heavy (non-hydrogen) atoms. The van der Waals surface area contributed by atoms with Crippen molar-refractivity contribution in [2.45, 2.75) is 6.92 Å². The summed E-state index contributed by atoms with van der Waals surface area (Å²) >= 11 is 0. The maximum Gasteiger partial charge on any atom is 0.255 e. The van der Waals surface area contributed by atoms with E-state index >= 15 is 0 Å². The van der Waals surface area contributed by atoms with E-state index in [1.807, 2.05) is 12.1 Å². The number of aryl methyl sites for hydroxylation is 1. The number of aromatic nitrogens is 4. The monoisotopic (exact) mass is 396 g/mol. The van der Waals surface area contributed by atoms with Crippen molar-refractivity contribution in [3.63, 3.8) is 0 Å². The Hall–Kier alpha value is -4.51. The molecule has 0 aliphatic carbocycles. The third-order valence-corrected chi connectivity index (χ3v) is 4.13. The number of carbonyl (C=O) groups is 1. The topological polar surface area (TPSA) is 106 Å². The molecule has 0 unspecified atom stereocenters. The number of nitrogens with zero attached hydrogens (tertiary/aromatic N) is 5. The van der Waals surface area contributed by atoms with Crippen LogP contribution in [-0.2, 0) is 0 Å². The van der Waals surface area contributed by atoms with Crippen LogP contribution < -0.4 is 10.1 Å². The molecule has 0 aliphatic heterocycles. The van der Waals surface area contributed by atoms with E-state index < -0.39 is 0 Å². The number of hydrogen-bond donors (Lipinski definition) is 1. The highest BCUT2D eigenvalue weighted by atomic mass is 16.5. The lowest BCUT2D eigenvalue weighted by Crippen LogP contribution is -2.11. The van der Waals surface area contributed by atoms with Crippen LogP contribution in [0, 0.1) is 18.3 Å². The van der Waals surface area contributed by atoms with E-state index in [9.17, 15) is 4.79 Å². The summed E-state index contributed by atoms with van der Waals surface area (Å²) in [6.07, 6.45) is 3.46. The molecule has 2 heterocycles. The van der Waals surface area contributed by atoms with Gasteiger partial charge in [0.2, 0.25) is 5.88 Å². The third-order valence-electron chi connectivity index (χ3n) is 4.13. The molecule has 1 N–H and O–H groups in total. The molecule has 4 rings (SSSR count). The Morgan fingerprint density at radius 2 is 1.93 bits per heavy atom. The van der Waals surface area contributed by atoms with E-state index in [0.717, 1.165) is 0 Å². The molecule has 0 atom stereocenters. The molecule has 0 aliphatic rings. The van der Waals surface area contributed by atoms with E-state index in [-0.39, 0.29) is 5.91 Å². The molecule has 0 bridgehead atoms. The first-order valence-electron chi connectivity index (χ1n) is 9.06. The minimum atomic E-state index is -0.295. The number of nitrogens with one attached hydrogen (secondary N) is 1. The minimum Gasteiger partial charge on any atom is -0.439 e. The number of rotatable bonds is 5. The van der Waals surface area contributed by atoms with Gasteiger partial charge in [-0.15, -0.1) is 0 Å². The molecule has 0 fully saturated rings. The Balaban J connectivity index is 1.46. The Morgan fingerprint density at radius 3 is 2.67 bits per heavy atom. The summed E-state index contributed by atoms with van der Waals surface area (Å²) in [6.45, 7) is 1.78. The van der Waals surface area contributed by atoms with Gasteiger partial charge < -0.3 is 10.1 Å². The van der Waals surface area contributed by atoms with Gasteiger partial charge in [-0.1, -0.05) is 6.07 Å². The van der Waals surface area contributed by atoms with Crippen LogP contribution >= 0.6 is 0 Å². The summed E-state index contributed by atoms with van der Waals surface area (Å²) in [5.41, 5.74) is 1.45. The van der Waals surface area contributed by atoms with Crippen molar-refractivity contribution in [3.05, 3.63) is 90.0 Å². The molecule has 0 saturated heterocycles. The Morgan fingerprint density at radius 1 is 1.10 bits per heavy atom. The fourth-order valence-electron chi connectivity index (χ4n) is 2.76. The Labute approximate surface area is 172 Å². The van der Waals surface area contributed by atoms with Gasteiger partial charge in [0.15, 0.2) is 5.82 Å². The van der Waals surface area contributed by atoms with Gasteiger partial charge in [-0.25, -0.2) is 9.67 Å². The van der Waals surface area contributed by atoms with E-state index in [2.05, 4.69) is 20.4 Å². The van der Waals surface area contributed by atoms with Crippen molar-refractivity contribution in [2.75, 3.05) is 5.32 Å². The van der Waals surface area contributed by atoms with Gasteiger partial charge in [0, 0.05) is 29.7 Å². The predicted octanol–water partition coefficient (Wildman–Crippen LogP) is 3.89. The van der Waals surface area contributed by atoms with Crippen molar-refractivity contribution >= 4 is 11.6 Å². The van der Waals surface area contributed by atoms with Gasteiger partial charge in [-0.05, 0) is 55.5 Å². The van der Waals surface area contributed by atoms with Crippen molar-refractivity contribution in [2.24, 2.45) is 0 Å². The molecular weight excluding hydrogens is 380 g/mol. The maximum atomic E-state index is 12.4. The zero-order valence-corrected chi connectivity index (χ0v) is 16.0. The Kier molecular flexibility index (Phi) is 5.17. The molecule has 8 heteroatoms. The highest BCUT2D eigenvalue weighted by molar-refractivity contribution is 6.04. The number of hydrogen-bond acceptors (Lipinski definition) is 6. The second kappa shape index (κ2) is 8.24. The minimum absolute atomic E-state index is 0.295. The number of anilines is 1. The van der Waals surface area contributed by atoms with Gasteiger partial charge in [0.05, 0.1) is 11.6 Å². The lowest BCUT2D eigenvalue weighted by Gasteiger charge is -2.09. The van der Waals surface area contributed by atoms with Crippen LogP contribution in [0.1, 0.15) is 21.7 Å². The average Bonchev–Trinajstić information content (AvgIpc) is 3.30. The van der Waals surface area contributed by atoms with Crippen molar-refractivity contribution in [3.8, 4) is 23.5 Å². The van der Waals surface area contributed by atoms with Crippen LogP contribution in [0.3, 0.4) is 0 Å².